The molecule has 1 heterocycles. The molecule has 0 aromatic heterocycles. The lowest BCUT2D eigenvalue weighted by atomic mass is 9.76. The van der Waals surface area contributed by atoms with Gasteiger partial charge in [0.1, 0.15) is 17.0 Å². The summed E-state index contributed by atoms with van der Waals surface area (Å²) in [6, 6.07) is 14.9. The van der Waals surface area contributed by atoms with Gasteiger partial charge in [0.2, 0.25) is 0 Å². The highest BCUT2D eigenvalue weighted by Gasteiger charge is 2.53. The summed E-state index contributed by atoms with van der Waals surface area (Å²) in [7, 11) is 1.63. The lowest BCUT2D eigenvalue weighted by Gasteiger charge is -2.33. The Bertz CT molecular complexity index is 883. The first-order valence-electron chi connectivity index (χ1n) is 9.63. The Balaban J connectivity index is 1.46. The van der Waals surface area contributed by atoms with Crippen LogP contribution in [-0.4, -0.2) is 37.1 Å². The van der Waals surface area contributed by atoms with Gasteiger partial charge in [-0.25, -0.2) is 4.79 Å². The van der Waals surface area contributed by atoms with Crippen molar-refractivity contribution >= 4 is 11.9 Å². The van der Waals surface area contributed by atoms with Crippen LogP contribution in [0.1, 0.15) is 30.4 Å². The number of imide groups is 1. The zero-order valence-corrected chi connectivity index (χ0v) is 15.9. The number of fused-ring (bicyclic) bond motifs is 2. The summed E-state index contributed by atoms with van der Waals surface area (Å²) in [5.74, 6) is 1.39. The molecule has 28 heavy (non-hydrogen) atoms. The molecule has 1 fully saturated rings. The maximum absolute atomic E-state index is 13.2. The van der Waals surface area contributed by atoms with Gasteiger partial charge in [0.25, 0.3) is 5.91 Å². The van der Waals surface area contributed by atoms with Crippen LogP contribution in [0.3, 0.4) is 0 Å². The molecule has 0 saturated carbocycles. The molecule has 2 aliphatic rings. The fourth-order valence-corrected chi connectivity index (χ4v) is 4.11. The van der Waals surface area contributed by atoms with Crippen molar-refractivity contribution in [1.82, 2.24) is 10.2 Å². The summed E-state index contributed by atoms with van der Waals surface area (Å²) in [5, 5.41) is 2.98. The van der Waals surface area contributed by atoms with Crippen molar-refractivity contribution in [3.05, 3.63) is 59.7 Å². The molecule has 1 N–H and O–H groups in total. The van der Waals surface area contributed by atoms with Crippen LogP contribution in [0.2, 0.25) is 0 Å². The highest BCUT2D eigenvalue weighted by atomic mass is 16.5. The van der Waals surface area contributed by atoms with E-state index < -0.39 is 5.54 Å². The number of methoxy groups -OCH3 is 1. The first-order chi connectivity index (χ1) is 13.6. The summed E-state index contributed by atoms with van der Waals surface area (Å²) in [4.78, 5) is 27.2. The molecule has 6 nitrogen and oxygen atoms in total. The van der Waals surface area contributed by atoms with Crippen LogP contribution >= 0.6 is 0 Å². The van der Waals surface area contributed by atoms with Gasteiger partial charge in [-0.05, 0) is 61.1 Å². The third kappa shape index (κ3) is 3.19. The number of carbonyl (C=O) groups excluding carboxylic acids is 2. The maximum Gasteiger partial charge on any atom is 0.325 e. The second kappa shape index (κ2) is 7.54. The van der Waals surface area contributed by atoms with Crippen molar-refractivity contribution in [3.8, 4) is 11.5 Å². The predicted molar refractivity (Wildman–Crippen MR) is 104 cm³/mol. The van der Waals surface area contributed by atoms with Crippen LogP contribution < -0.4 is 14.8 Å². The third-order valence-corrected chi connectivity index (χ3v) is 5.48. The van der Waals surface area contributed by atoms with Crippen LogP contribution in [0, 0.1) is 0 Å². The van der Waals surface area contributed by atoms with E-state index in [1.807, 2.05) is 48.5 Å². The fourth-order valence-electron chi connectivity index (χ4n) is 4.11. The van der Waals surface area contributed by atoms with Crippen molar-refractivity contribution in [2.45, 2.75) is 31.2 Å². The van der Waals surface area contributed by atoms with Gasteiger partial charge in [-0.2, -0.15) is 0 Å². The van der Waals surface area contributed by atoms with Crippen LogP contribution in [-0.2, 0) is 16.8 Å². The first-order valence-corrected chi connectivity index (χ1v) is 9.63. The first kappa shape index (κ1) is 18.3. The molecule has 2 aromatic rings. The Morgan fingerprint density at radius 3 is 2.71 bits per heavy atom. The summed E-state index contributed by atoms with van der Waals surface area (Å²) in [6.07, 6.45) is 2.92. The van der Waals surface area contributed by atoms with Gasteiger partial charge < -0.3 is 14.8 Å². The van der Waals surface area contributed by atoms with Crippen molar-refractivity contribution in [2.75, 3.05) is 20.3 Å². The Morgan fingerprint density at radius 2 is 1.93 bits per heavy atom. The largest absolute Gasteiger partial charge is 0.497 e. The minimum absolute atomic E-state index is 0.164. The van der Waals surface area contributed by atoms with E-state index >= 15 is 0 Å². The second-order valence-electron chi connectivity index (χ2n) is 7.18. The molecule has 4 rings (SSSR count). The molecule has 6 heteroatoms. The SMILES string of the molecule is COc1ccc2c(c1)CCCC21NC(=O)N(CCCOc2ccccc2)C1=O. The maximum atomic E-state index is 13.2. The van der Waals surface area contributed by atoms with E-state index in [0.29, 0.717) is 26.0 Å². The zero-order chi connectivity index (χ0) is 19.6. The summed E-state index contributed by atoms with van der Waals surface area (Å²) < 4.78 is 11.0. The average Bonchev–Trinajstić information content (AvgIpc) is 2.96. The summed E-state index contributed by atoms with van der Waals surface area (Å²) >= 11 is 0. The summed E-state index contributed by atoms with van der Waals surface area (Å²) in [6.45, 7) is 0.784. The monoisotopic (exact) mass is 380 g/mol. The molecule has 1 saturated heterocycles. The molecular formula is C22H24N2O4. The standard InChI is InChI=1S/C22H24N2O4/c1-27-18-10-11-19-16(15-18)7-5-12-22(19)20(25)24(21(26)23-22)13-6-14-28-17-8-3-2-4-9-17/h2-4,8-11,15H,5-7,12-14H2,1H3,(H,23,26). The number of benzene rings is 2. The molecule has 1 spiro atoms. The van der Waals surface area contributed by atoms with Gasteiger partial charge in [0.15, 0.2) is 0 Å². The molecule has 3 amide bonds. The van der Waals surface area contributed by atoms with Crippen molar-refractivity contribution in [1.29, 1.82) is 0 Å². The molecule has 2 aromatic carbocycles. The number of ether oxygens (including phenoxy) is 2. The number of nitrogens with zero attached hydrogens (tertiary/aromatic N) is 1. The van der Waals surface area contributed by atoms with Crippen LogP contribution in [0.15, 0.2) is 48.5 Å². The van der Waals surface area contributed by atoms with Gasteiger partial charge in [-0.15, -0.1) is 0 Å². The van der Waals surface area contributed by atoms with Gasteiger partial charge in [-0.3, -0.25) is 9.69 Å². The molecule has 1 atom stereocenters. The third-order valence-electron chi connectivity index (χ3n) is 5.48. The van der Waals surface area contributed by atoms with E-state index in [0.717, 1.165) is 35.5 Å². The van der Waals surface area contributed by atoms with Crippen molar-refractivity contribution in [2.24, 2.45) is 0 Å². The van der Waals surface area contributed by atoms with Crippen LogP contribution in [0.25, 0.3) is 0 Å². The Labute approximate surface area is 164 Å². The minimum Gasteiger partial charge on any atom is -0.497 e. The van der Waals surface area contributed by atoms with E-state index in [2.05, 4.69) is 5.32 Å². The lowest BCUT2D eigenvalue weighted by molar-refractivity contribution is -0.132. The zero-order valence-electron chi connectivity index (χ0n) is 15.9. The number of hydrogen-bond acceptors (Lipinski definition) is 4. The highest BCUT2D eigenvalue weighted by molar-refractivity contribution is 6.07. The van der Waals surface area contributed by atoms with Crippen molar-refractivity contribution < 1.29 is 19.1 Å². The summed E-state index contributed by atoms with van der Waals surface area (Å²) in [5.41, 5.74) is 1.01. The number of nitrogens with one attached hydrogen (secondary N) is 1. The molecule has 0 radical (unpaired) electrons. The number of para-hydroxylation sites is 1. The van der Waals surface area contributed by atoms with Gasteiger partial charge >= 0.3 is 6.03 Å². The van der Waals surface area contributed by atoms with Gasteiger partial charge in [0, 0.05) is 6.54 Å². The van der Waals surface area contributed by atoms with E-state index in [1.54, 1.807) is 7.11 Å². The fraction of sp³-hybridized carbons (Fsp3) is 0.364. The average molecular weight is 380 g/mol. The van der Waals surface area contributed by atoms with E-state index in [-0.39, 0.29) is 11.9 Å². The number of urea groups is 1. The molecule has 1 aliphatic carbocycles. The second-order valence-corrected chi connectivity index (χ2v) is 7.18. The Hall–Kier alpha value is -3.02. The molecular weight excluding hydrogens is 356 g/mol. The lowest BCUT2D eigenvalue weighted by Crippen LogP contribution is -2.46. The number of hydrogen-bond donors (Lipinski definition) is 1. The van der Waals surface area contributed by atoms with Crippen LogP contribution in [0.5, 0.6) is 11.5 Å². The Morgan fingerprint density at radius 1 is 1.11 bits per heavy atom. The van der Waals surface area contributed by atoms with Gasteiger partial charge in [0.05, 0.1) is 13.7 Å². The predicted octanol–water partition coefficient (Wildman–Crippen LogP) is 3.25. The van der Waals surface area contributed by atoms with Gasteiger partial charge in [-0.1, -0.05) is 24.3 Å². The number of rotatable bonds is 6. The smallest absolute Gasteiger partial charge is 0.325 e. The minimum atomic E-state index is -0.947. The van der Waals surface area contributed by atoms with Crippen LogP contribution in [0.4, 0.5) is 4.79 Å². The Kier molecular flexibility index (Phi) is 4.94. The highest BCUT2D eigenvalue weighted by Crippen LogP contribution is 2.41. The topological polar surface area (TPSA) is 67.9 Å². The van der Waals surface area contributed by atoms with Crippen molar-refractivity contribution in [3.63, 3.8) is 0 Å². The van der Waals surface area contributed by atoms with E-state index in [9.17, 15) is 9.59 Å². The number of amides is 3. The molecule has 0 bridgehead atoms. The quantitative estimate of drug-likeness (QED) is 0.617. The number of aryl methyl sites for hydroxylation is 1. The molecule has 146 valence electrons. The normalized spacial score (nSPS) is 20.8. The van der Waals surface area contributed by atoms with E-state index in [4.69, 9.17) is 9.47 Å². The number of carbonyl (C=O) groups is 2. The molecule has 1 unspecified atom stereocenters. The molecule has 1 aliphatic heterocycles. The van der Waals surface area contributed by atoms with E-state index in [1.165, 1.54) is 4.90 Å².